The molecule has 1 atom stereocenters. The Hall–Kier alpha value is -0.780. The van der Waals surface area contributed by atoms with Gasteiger partial charge in [0.2, 0.25) is 0 Å². The standard InChI is InChI=1S/C11H18F3NO2/c1-7(2)10(3-4-10)6-15-5-8(9(16)17)11(12,13)14/h7-8,15H,3-6H2,1-2H3,(H,16,17). The molecule has 0 spiro atoms. The number of aliphatic carboxylic acids is 1. The average Bonchev–Trinajstić information content (AvgIpc) is 2.90. The molecule has 0 aromatic heterocycles. The number of hydrogen-bond acceptors (Lipinski definition) is 2. The normalized spacial score (nSPS) is 20.4. The fourth-order valence-electron chi connectivity index (χ4n) is 1.93. The van der Waals surface area contributed by atoms with Crippen molar-refractivity contribution in [3.63, 3.8) is 0 Å². The summed E-state index contributed by atoms with van der Waals surface area (Å²) in [5, 5.41) is 11.2. The largest absolute Gasteiger partial charge is 0.481 e. The lowest BCUT2D eigenvalue weighted by molar-refractivity contribution is -0.192. The maximum atomic E-state index is 12.3. The van der Waals surface area contributed by atoms with Crippen LogP contribution < -0.4 is 5.32 Å². The van der Waals surface area contributed by atoms with Gasteiger partial charge in [-0.2, -0.15) is 13.2 Å². The Kier molecular flexibility index (Phi) is 4.06. The summed E-state index contributed by atoms with van der Waals surface area (Å²) in [6.45, 7) is 3.98. The topological polar surface area (TPSA) is 49.3 Å². The van der Waals surface area contributed by atoms with Gasteiger partial charge in [-0.05, 0) is 24.2 Å². The molecule has 0 aromatic carbocycles. The first-order valence-electron chi connectivity index (χ1n) is 5.69. The van der Waals surface area contributed by atoms with Crippen molar-refractivity contribution in [1.29, 1.82) is 0 Å². The van der Waals surface area contributed by atoms with Crippen molar-refractivity contribution in [1.82, 2.24) is 5.32 Å². The molecule has 3 nitrogen and oxygen atoms in total. The van der Waals surface area contributed by atoms with Gasteiger partial charge < -0.3 is 10.4 Å². The van der Waals surface area contributed by atoms with Gasteiger partial charge in [-0.25, -0.2) is 0 Å². The van der Waals surface area contributed by atoms with E-state index in [1.165, 1.54) is 0 Å². The van der Waals surface area contributed by atoms with E-state index in [4.69, 9.17) is 5.11 Å². The molecule has 0 bridgehead atoms. The number of carbonyl (C=O) groups is 1. The lowest BCUT2D eigenvalue weighted by Gasteiger charge is -2.22. The van der Waals surface area contributed by atoms with E-state index in [0.29, 0.717) is 12.5 Å². The molecule has 1 saturated carbocycles. The Bertz CT molecular complexity index is 285. The van der Waals surface area contributed by atoms with Gasteiger partial charge in [-0.15, -0.1) is 0 Å². The molecule has 1 aliphatic carbocycles. The van der Waals surface area contributed by atoms with Crippen LogP contribution in [-0.2, 0) is 4.79 Å². The summed E-state index contributed by atoms with van der Waals surface area (Å²) in [5.74, 6) is -3.73. The second kappa shape index (κ2) is 4.84. The van der Waals surface area contributed by atoms with Crippen molar-refractivity contribution in [3.05, 3.63) is 0 Å². The van der Waals surface area contributed by atoms with Crippen molar-refractivity contribution < 1.29 is 23.1 Å². The van der Waals surface area contributed by atoms with E-state index in [0.717, 1.165) is 12.8 Å². The molecule has 0 saturated heterocycles. The highest BCUT2D eigenvalue weighted by molar-refractivity contribution is 5.71. The van der Waals surface area contributed by atoms with E-state index >= 15 is 0 Å². The molecule has 1 unspecified atom stereocenters. The highest BCUT2D eigenvalue weighted by atomic mass is 19.4. The highest BCUT2D eigenvalue weighted by Gasteiger charge is 2.47. The van der Waals surface area contributed by atoms with Gasteiger partial charge in [-0.1, -0.05) is 13.8 Å². The van der Waals surface area contributed by atoms with Crippen LogP contribution in [0.4, 0.5) is 13.2 Å². The summed E-state index contributed by atoms with van der Waals surface area (Å²) >= 11 is 0. The minimum atomic E-state index is -4.69. The maximum absolute atomic E-state index is 12.3. The number of carboxylic acid groups (broad SMARTS) is 1. The Morgan fingerprint density at radius 1 is 1.41 bits per heavy atom. The van der Waals surface area contributed by atoms with Crippen molar-refractivity contribution in [2.75, 3.05) is 13.1 Å². The molecule has 1 fully saturated rings. The zero-order chi connectivity index (χ0) is 13.3. The van der Waals surface area contributed by atoms with E-state index < -0.39 is 24.6 Å². The van der Waals surface area contributed by atoms with Crippen LogP contribution in [0.2, 0.25) is 0 Å². The van der Waals surface area contributed by atoms with Crippen LogP contribution in [0.3, 0.4) is 0 Å². The number of carboxylic acids is 1. The second-order valence-electron chi connectivity index (χ2n) is 5.08. The smallest absolute Gasteiger partial charge is 0.403 e. The minimum Gasteiger partial charge on any atom is -0.481 e. The number of hydrogen-bond donors (Lipinski definition) is 2. The summed E-state index contributed by atoms with van der Waals surface area (Å²) in [6.07, 6.45) is -2.68. The first-order chi connectivity index (χ1) is 7.69. The fourth-order valence-corrected chi connectivity index (χ4v) is 1.93. The van der Waals surface area contributed by atoms with Gasteiger partial charge in [0.15, 0.2) is 5.92 Å². The van der Waals surface area contributed by atoms with Crippen molar-refractivity contribution in [2.24, 2.45) is 17.3 Å². The summed E-state index contributed by atoms with van der Waals surface area (Å²) in [7, 11) is 0. The summed E-state index contributed by atoms with van der Waals surface area (Å²) < 4.78 is 37.0. The van der Waals surface area contributed by atoms with E-state index in [-0.39, 0.29) is 5.41 Å². The molecule has 0 amide bonds. The van der Waals surface area contributed by atoms with Gasteiger partial charge in [0.25, 0.3) is 0 Å². The van der Waals surface area contributed by atoms with Crippen LogP contribution in [-0.4, -0.2) is 30.3 Å². The molecule has 100 valence electrons. The molecule has 0 aromatic rings. The van der Waals surface area contributed by atoms with Gasteiger partial charge in [0.1, 0.15) is 0 Å². The first-order valence-corrected chi connectivity index (χ1v) is 5.69. The third-order valence-corrected chi connectivity index (χ3v) is 3.64. The lowest BCUT2D eigenvalue weighted by Crippen LogP contribution is -2.41. The second-order valence-corrected chi connectivity index (χ2v) is 5.08. The van der Waals surface area contributed by atoms with Gasteiger partial charge >= 0.3 is 12.1 Å². The molecule has 17 heavy (non-hydrogen) atoms. The minimum absolute atomic E-state index is 0.0780. The fraction of sp³-hybridized carbons (Fsp3) is 0.909. The number of halogens is 3. The predicted octanol–water partition coefficient (Wildman–Crippen LogP) is 2.28. The van der Waals surface area contributed by atoms with Crippen LogP contribution in [0.5, 0.6) is 0 Å². The third-order valence-electron chi connectivity index (χ3n) is 3.64. The van der Waals surface area contributed by atoms with Crippen molar-refractivity contribution >= 4 is 5.97 Å². The first kappa shape index (κ1) is 14.3. The predicted molar refractivity (Wildman–Crippen MR) is 56.6 cm³/mol. The average molecular weight is 253 g/mol. The maximum Gasteiger partial charge on any atom is 0.403 e. The van der Waals surface area contributed by atoms with Gasteiger partial charge in [0, 0.05) is 13.1 Å². The van der Waals surface area contributed by atoms with E-state index in [1.807, 2.05) is 13.8 Å². The quantitative estimate of drug-likeness (QED) is 0.763. The lowest BCUT2D eigenvalue weighted by atomic mass is 9.92. The Morgan fingerprint density at radius 2 is 1.94 bits per heavy atom. The summed E-state index contributed by atoms with van der Waals surface area (Å²) in [5.41, 5.74) is 0.0780. The summed E-state index contributed by atoms with van der Waals surface area (Å²) in [4.78, 5) is 10.5. The molecule has 0 radical (unpaired) electrons. The molecule has 0 aliphatic heterocycles. The van der Waals surface area contributed by atoms with Gasteiger partial charge in [0.05, 0.1) is 0 Å². The Morgan fingerprint density at radius 3 is 2.24 bits per heavy atom. The third kappa shape index (κ3) is 3.59. The van der Waals surface area contributed by atoms with Crippen LogP contribution in [0.25, 0.3) is 0 Å². The van der Waals surface area contributed by atoms with E-state index in [1.54, 1.807) is 0 Å². The molecular weight excluding hydrogens is 235 g/mol. The molecule has 1 rings (SSSR count). The van der Waals surface area contributed by atoms with Crippen LogP contribution in [0.1, 0.15) is 26.7 Å². The molecule has 1 aliphatic rings. The van der Waals surface area contributed by atoms with E-state index in [2.05, 4.69) is 5.32 Å². The number of rotatable bonds is 6. The Balaban J connectivity index is 2.41. The Labute approximate surface area is 98.4 Å². The zero-order valence-corrected chi connectivity index (χ0v) is 9.97. The van der Waals surface area contributed by atoms with Gasteiger partial charge in [-0.3, -0.25) is 4.79 Å². The molecular formula is C11H18F3NO2. The monoisotopic (exact) mass is 253 g/mol. The number of alkyl halides is 3. The van der Waals surface area contributed by atoms with Crippen molar-refractivity contribution in [2.45, 2.75) is 32.9 Å². The molecule has 6 heteroatoms. The summed E-state index contributed by atoms with van der Waals surface area (Å²) in [6, 6.07) is 0. The van der Waals surface area contributed by atoms with Crippen molar-refractivity contribution in [3.8, 4) is 0 Å². The molecule has 2 N–H and O–H groups in total. The number of nitrogens with one attached hydrogen (secondary N) is 1. The van der Waals surface area contributed by atoms with Crippen LogP contribution in [0, 0.1) is 17.3 Å². The SMILES string of the molecule is CC(C)C1(CNCC(C(=O)O)C(F)(F)F)CC1. The zero-order valence-electron chi connectivity index (χ0n) is 9.97. The highest BCUT2D eigenvalue weighted by Crippen LogP contribution is 2.51. The van der Waals surface area contributed by atoms with Crippen LogP contribution >= 0.6 is 0 Å². The van der Waals surface area contributed by atoms with E-state index in [9.17, 15) is 18.0 Å². The molecule has 0 heterocycles. The van der Waals surface area contributed by atoms with Crippen LogP contribution in [0.15, 0.2) is 0 Å².